The molecule has 2 aromatic carbocycles. The molecule has 0 radical (unpaired) electrons. The van der Waals surface area contributed by atoms with Crippen molar-refractivity contribution in [3.63, 3.8) is 0 Å². The van der Waals surface area contributed by atoms with Crippen molar-refractivity contribution in [2.75, 3.05) is 0 Å². The number of carbonyl (C=O) groups is 2. The van der Waals surface area contributed by atoms with Gasteiger partial charge in [-0.05, 0) is 38.8 Å². The summed E-state index contributed by atoms with van der Waals surface area (Å²) in [4.78, 5) is 24.4. The molecule has 0 aromatic heterocycles. The molecule has 0 spiro atoms. The maximum atomic E-state index is 12.5. The van der Waals surface area contributed by atoms with Crippen LogP contribution in [0, 0.1) is 0 Å². The minimum absolute atomic E-state index is 0.534. The van der Waals surface area contributed by atoms with Gasteiger partial charge >= 0.3 is 12.1 Å². The van der Waals surface area contributed by atoms with Crippen molar-refractivity contribution in [2.24, 2.45) is 0 Å². The van der Waals surface area contributed by atoms with Gasteiger partial charge in [0.25, 0.3) is 0 Å². The van der Waals surface area contributed by atoms with Crippen LogP contribution >= 0.6 is 0 Å². The summed E-state index contributed by atoms with van der Waals surface area (Å²) in [6.07, 6.45) is -1.20. The van der Waals surface area contributed by atoms with Crippen molar-refractivity contribution in [1.29, 1.82) is 0 Å². The van der Waals surface area contributed by atoms with Gasteiger partial charge in [-0.1, -0.05) is 60.7 Å². The summed E-state index contributed by atoms with van der Waals surface area (Å²) in [6, 6.07) is 18.1. The highest BCUT2D eigenvalue weighted by Gasteiger charge is 2.25. The first kappa shape index (κ1) is 19.5. The first-order valence-electron chi connectivity index (χ1n) is 8.56. The highest BCUT2D eigenvalue weighted by Crippen LogP contribution is 2.26. The highest BCUT2D eigenvalue weighted by atomic mass is 16.6. The number of nitrogens with one attached hydrogen (secondary N) is 1. The molecule has 1 atom stereocenters. The summed E-state index contributed by atoms with van der Waals surface area (Å²) in [5, 5.41) is 2.51. The number of esters is 1. The van der Waals surface area contributed by atoms with Gasteiger partial charge in [0.15, 0.2) is 6.10 Å². The second-order valence-corrected chi connectivity index (χ2v) is 7.01. The number of amides is 1. The zero-order valence-corrected chi connectivity index (χ0v) is 15.6. The van der Waals surface area contributed by atoms with Crippen LogP contribution < -0.4 is 5.32 Å². The Bertz CT molecular complexity index is 683. The quantitative estimate of drug-likeness (QED) is 0.815. The standard InChI is InChI=1S/C21H25NO4/c1-15(22-20(24)26-21(2,3)4)19(23)25-18(16-11-7-5-8-12-16)17-13-9-6-10-14-17/h5-15,18H,1-4H3,(H,22,24). The van der Waals surface area contributed by atoms with Gasteiger partial charge < -0.3 is 14.8 Å². The Kier molecular flexibility index (Phi) is 6.39. The van der Waals surface area contributed by atoms with Crippen molar-refractivity contribution >= 4 is 12.1 Å². The molecule has 2 rings (SSSR count). The zero-order valence-electron chi connectivity index (χ0n) is 15.6. The molecule has 0 aliphatic heterocycles. The van der Waals surface area contributed by atoms with Crippen LogP contribution in [0.15, 0.2) is 60.7 Å². The third-order valence-corrected chi connectivity index (χ3v) is 3.53. The Labute approximate surface area is 154 Å². The first-order valence-corrected chi connectivity index (χ1v) is 8.56. The molecule has 138 valence electrons. The summed E-state index contributed by atoms with van der Waals surface area (Å²) in [5.41, 5.74) is 1.08. The fourth-order valence-electron chi connectivity index (χ4n) is 2.35. The summed E-state index contributed by atoms with van der Waals surface area (Å²) < 4.78 is 10.9. The molecule has 1 amide bonds. The van der Waals surface area contributed by atoms with Crippen LogP contribution in [0.1, 0.15) is 44.9 Å². The van der Waals surface area contributed by atoms with E-state index in [-0.39, 0.29) is 0 Å². The normalized spacial score (nSPS) is 12.3. The maximum Gasteiger partial charge on any atom is 0.408 e. The maximum absolute atomic E-state index is 12.5. The number of rotatable bonds is 5. The first-order chi connectivity index (χ1) is 12.3. The van der Waals surface area contributed by atoms with E-state index < -0.39 is 29.8 Å². The molecule has 0 heterocycles. The lowest BCUT2D eigenvalue weighted by molar-refractivity contribution is -0.149. The smallest absolute Gasteiger partial charge is 0.408 e. The number of benzene rings is 2. The number of carbonyl (C=O) groups excluding carboxylic acids is 2. The topological polar surface area (TPSA) is 64.6 Å². The number of ether oxygens (including phenoxy) is 2. The molecular weight excluding hydrogens is 330 g/mol. The molecule has 5 nitrogen and oxygen atoms in total. The molecule has 1 N–H and O–H groups in total. The number of hydrogen-bond acceptors (Lipinski definition) is 4. The van der Waals surface area contributed by atoms with E-state index in [1.165, 1.54) is 0 Å². The molecule has 2 aromatic rings. The second kappa shape index (κ2) is 8.52. The summed E-state index contributed by atoms with van der Waals surface area (Å²) in [6.45, 7) is 6.85. The Morgan fingerprint density at radius 3 is 1.77 bits per heavy atom. The van der Waals surface area contributed by atoms with Crippen molar-refractivity contribution < 1.29 is 19.1 Å². The lowest BCUT2D eigenvalue weighted by Crippen LogP contribution is -2.42. The van der Waals surface area contributed by atoms with Gasteiger partial charge in [-0.15, -0.1) is 0 Å². The van der Waals surface area contributed by atoms with Crippen LogP contribution in [0.2, 0.25) is 0 Å². The predicted molar refractivity (Wildman–Crippen MR) is 99.7 cm³/mol. The van der Waals surface area contributed by atoms with Gasteiger partial charge in [0.1, 0.15) is 11.6 Å². The van der Waals surface area contributed by atoms with Crippen LogP contribution in [0.25, 0.3) is 0 Å². The van der Waals surface area contributed by atoms with E-state index in [4.69, 9.17) is 9.47 Å². The lowest BCUT2D eigenvalue weighted by atomic mass is 10.0. The highest BCUT2D eigenvalue weighted by molar-refractivity contribution is 5.81. The summed E-state index contributed by atoms with van der Waals surface area (Å²) in [7, 11) is 0. The van der Waals surface area contributed by atoms with E-state index in [0.717, 1.165) is 11.1 Å². The molecule has 0 aliphatic carbocycles. The molecule has 0 saturated carbocycles. The zero-order chi connectivity index (χ0) is 19.2. The van der Waals surface area contributed by atoms with E-state index in [1.807, 2.05) is 60.7 Å². The average molecular weight is 355 g/mol. The van der Waals surface area contributed by atoms with Crippen LogP contribution in [0.4, 0.5) is 4.79 Å². The molecule has 5 heteroatoms. The van der Waals surface area contributed by atoms with Gasteiger partial charge in [-0.3, -0.25) is 0 Å². The van der Waals surface area contributed by atoms with Crippen LogP contribution in [0.5, 0.6) is 0 Å². The Morgan fingerprint density at radius 1 is 0.885 bits per heavy atom. The molecule has 0 saturated heterocycles. The van der Waals surface area contributed by atoms with Crippen molar-refractivity contribution in [1.82, 2.24) is 5.32 Å². The number of alkyl carbamates (subject to hydrolysis) is 1. The Balaban J connectivity index is 2.10. The van der Waals surface area contributed by atoms with Crippen LogP contribution in [0.3, 0.4) is 0 Å². The van der Waals surface area contributed by atoms with E-state index in [1.54, 1.807) is 27.7 Å². The van der Waals surface area contributed by atoms with Gasteiger partial charge in [0.05, 0.1) is 0 Å². The average Bonchev–Trinajstić information content (AvgIpc) is 2.59. The van der Waals surface area contributed by atoms with E-state index in [9.17, 15) is 9.59 Å². The van der Waals surface area contributed by atoms with Crippen molar-refractivity contribution in [3.05, 3.63) is 71.8 Å². The minimum atomic E-state index is -0.834. The van der Waals surface area contributed by atoms with E-state index >= 15 is 0 Å². The third kappa shape index (κ3) is 5.92. The Hall–Kier alpha value is -2.82. The molecule has 0 aliphatic rings. The molecule has 0 bridgehead atoms. The van der Waals surface area contributed by atoms with Crippen LogP contribution in [-0.4, -0.2) is 23.7 Å². The third-order valence-electron chi connectivity index (χ3n) is 3.53. The van der Waals surface area contributed by atoms with Crippen LogP contribution in [-0.2, 0) is 14.3 Å². The fraction of sp³-hybridized carbons (Fsp3) is 0.333. The largest absolute Gasteiger partial charge is 0.451 e. The molecular formula is C21H25NO4. The van der Waals surface area contributed by atoms with Gasteiger partial charge in [-0.25, -0.2) is 9.59 Å². The SMILES string of the molecule is CC(NC(=O)OC(C)(C)C)C(=O)OC(c1ccccc1)c1ccccc1. The van der Waals surface area contributed by atoms with Crippen molar-refractivity contribution in [2.45, 2.75) is 45.4 Å². The molecule has 0 fully saturated rings. The lowest BCUT2D eigenvalue weighted by Gasteiger charge is -2.23. The monoisotopic (exact) mass is 355 g/mol. The molecule has 26 heavy (non-hydrogen) atoms. The minimum Gasteiger partial charge on any atom is -0.451 e. The molecule has 1 unspecified atom stereocenters. The second-order valence-electron chi connectivity index (χ2n) is 7.01. The van der Waals surface area contributed by atoms with E-state index in [0.29, 0.717) is 0 Å². The predicted octanol–water partition coefficient (Wildman–Crippen LogP) is 4.23. The van der Waals surface area contributed by atoms with Gasteiger partial charge in [0, 0.05) is 0 Å². The number of hydrogen-bond donors (Lipinski definition) is 1. The Morgan fingerprint density at radius 2 is 1.35 bits per heavy atom. The summed E-state index contributed by atoms with van der Waals surface area (Å²) in [5.74, 6) is -0.534. The van der Waals surface area contributed by atoms with Gasteiger partial charge in [-0.2, -0.15) is 0 Å². The van der Waals surface area contributed by atoms with Gasteiger partial charge in [0.2, 0.25) is 0 Å². The fourth-order valence-corrected chi connectivity index (χ4v) is 2.35. The van der Waals surface area contributed by atoms with E-state index in [2.05, 4.69) is 5.32 Å². The van der Waals surface area contributed by atoms with Crippen molar-refractivity contribution in [3.8, 4) is 0 Å². The summed E-state index contributed by atoms with van der Waals surface area (Å²) >= 11 is 0.